The fourth-order valence-electron chi connectivity index (χ4n) is 2.85. The van der Waals surface area contributed by atoms with Crippen molar-refractivity contribution in [3.63, 3.8) is 0 Å². The monoisotopic (exact) mass is 304 g/mol. The number of aromatic nitrogens is 1. The summed E-state index contributed by atoms with van der Waals surface area (Å²) in [5, 5.41) is 6.50. The lowest BCUT2D eigenvalue weighted by Crippen LogP contribution is -2.02. The minimum Gasteiger partial charge on any atom is -0.351 e. The summed E-state index contributed by atoms with van der Waals surface area (Å²) in [4.78, 5) is 0. The molecule has 0 unspecified atom stereocenters. The molecule has 22 heavy (non-hydrogen) atoms. The average molecular weight is 305 g/mol. The van der Waals surface area contributed by atoms with E-state index in [4.69, 9.17) is 5.26 Å². The van der Waals surface area contributed by atoms with Crippen LogP contribution in [0.1, 0.15) is 90.2 Å². The van der Waals surface area contributed by atoms with Crippen molar-refractivity contribution in [3.8, 4) is 6.57 Å². The van der Waals surface area contributed by atoms with E-state index in [2.05, 4.69) is 43.3 Å². The Morgan fingerprint density at radius 2 is 1.36 bits per heavy atom. The zero-order chi connectivity index (χ0) is 16.5. The Morgan fingerprint density at radius 1 is 0.818 bits per heavy atom. The van der Waals surface area contributed by atoms with Gasteiger partial charge in [0.2, 0.25) is 0 Å². The molecule has 0 N–H and O–H groups in total. The third-order valence-electron chi connectivity index (χ3n) is 4.21. The summed E-state index contributed by atoms with van der Waals surface area (Å²) < 4.78 is 2.47. The molecule has 1 aromatic heterocycles. The predicted molar refractivity (Wildman–Crippen MR) is 96.9 cm³/mol. The highest BCUT2D eigenvalue weighted by molar-refractivity contribution is 5.07. The van der Waals surface area contributed by atoms with Crippen molar-refractivity contribution in [3.05, 3.63) is 24.0 Å². The highest BCUT2D eigenvalue weighted by Crippen LogP contribution is 2.12. The van der Waals surface area contributed by atoms with Gasteiger partial charge in [-0.1, -0.05) is 71.6 Å². The fourth-order valence-corrected chi connectivity index (χ4v) is 2.85. The molecule has 2 nitrogen and oxygen atoms in total. The molecule has 0 saturated heterocycles. The van der Waals surface area contributed by atoms with Crippen molar-refractivity contribution in [2.45, 2.75) is 97.4 Å². The van der Waals surface area contributed by atoms with Gasteiger partial charge in [0.15, 0.2) is 0 Å². The van der Waals surface area contributed by atoms with E-state index in [9.17, 15) is 0 Å². The van der Waals surface area contributed by atoms with Gasteiger partial charge in [-0.05, 0) is 31.4 Å². The molecular formula is C20H36N2. The highest BCUT2D eigenvalue weighted by atomic mass is 15.0. The lowest BCUT2D eigenvalue weighted by molar-refractivity contribution is 0.531. The number of nitrogens with zero attached hydrogens (tertiary/aromatic N) is 2. The van der Waals surface area contributed by atoms with Crippen LogP contribution in [-0.4, -0.2) is 4.57 Å². The second kappa shape index (κ2) is 16.1. The normalized spacial score (nSPS) is 10.2. The van der Waals surface area contributed by atoms with Crippen LogP contribution in [0.2, 0.25) is 0 Å². The first kappa shape index (κ1) is 20.8. The maximum absolute atomic E-state index is 6.50. The van der Waals surface area contributed by atoms with Gasteiger partial charge in [-0.2, -0.15) is 0 Å². The van der Waals surface area contributed by atoms with E-state index < -0.39 is 0 Å². The molecule has 0 spiro atoms. The summed E-state index contributed by atoms with van der Waals surface area (Å²) in [5.41, 5.74) is 1.53. The number of nitriles is 1. The Kier molecular flexibility index (Phi) is 15.2. The van der Waals surface area contributed by atoms with Gasteiger partial charge in [0.1, 0.15) is 0 Å². The Morgan fingerprint density at radius 3 is 1.95 bits per heavy atom. The molecule has 0 amide bonds. The van der Waals surface area contributed by atoms with Gasteiger partial charge in [0.05, 0.1) is 0 Å². The molecule has 0 aliphatic rings. The summed E-state index contributed by atoms with van der Waals surface area (Å²) >= 11 is 0. The van der Waals surface area contributed by atoms with Crippen molar-refractivity contribution in [1.29, 1.82) is 5.26 Å². The van der Waals surface area contributed by atoms with Gasteiger partial charge < -0.3 is 4.57 Å². The van der Waals surface area contributed by atoms with Gasteiger partial charge >= 0.3 is 0 Å². The molecule has 1 rings (SSSR count). The number of aryl methyl sites for hydroxylation is 2. The van der Waals surface area contributed by atoms with Crippen LogP contribution in [0, 0.1) is 11.8 Å². The van der Waals surface area contributed by atoms with Crippen LogP contribution in [0.15, 0.2) is 18.3 Å². The first-order valence-electron chi connectivity index (χ1n) is 9.28. The lowest BCUT2D eigenvalue weighted by atomic mass is 10.1. The van der Waals surface area contributed by atoms with Crippen molar-refractivity contribution >= 4 is 0 Å². The van der Waals surface area contributed by atoms with Crippen molar-refractivity contribution in [2.24, 2.45) is 0 Å². The van der Waals surface area contributed by atoms with Gasteiger partial charge in [0.25, 0.3) is 0 Å². The first-order chi connectivity index (χ1) is 10.9. The highest BCUT2D eigenvalue weighted by Gasteiger charge is 2.00. The molecular weight excluding hydrogens is 268 g/mol. The smallest absolute Gasteiger partial charge is 0.0462 e. The van der Waals surface area contributed by atoms with Gasteiger partial charge in [-0.15, -0.1) is 0 Å². The van der Waals surface area contributed by atoms with E-state index in [1.54, 1.807) is 0 Å². The molecule has 0 aliphatic carbocycles. The number of rotatable bonds is 13. The third kappa shape index (κ3) is 10.5. The average Bonchev–Trinajstić information content (AvgIpc) is 3.00. The van der Waals surface area contributed by atoms with Crippen LogP contribution in [0.25, 0.3) is 0 Å². The molecule has 0 aromatic carbocycles. The molecule has 1 heterocycles. The molecule has 126 valence electrons. The van der Waals surface area contributed by atoms with E-state index in [-0.39, 0.29) is 0 Å². The Hall–Kier alpha value is -1.23. The van der Waals surface area contributed by atoms with Crippen LogP contribution in [-0.2, 0) is 13.0 Å². The summed E-state index contributed by atoms with van der Waals surface area (Å²) in [6, 6.07) is 4.50. The van der Waals surface area contributed by atoms with Gasteiger partial charge in [-0.25, -0.2) is 5.26 Å². The van der Waals surface area contributed by atoms with Crippen molar-refractivity contribution < 1.29 is 0 Å². The van der Waals surface area contributed by atoms with Crippen molar-refractivity contribution in [1.82, 2.24) is 4.57 Å². The molecule has 2 heteroatoms. The molecule has 0 aliphatic heterocycles. The third-order valence-corrected chi connectivity index (χ3v) is 4.21. The first-order valence-corrected chi connectivity index (χ1v) is 9.28. The predicted octanol–water partition coefficient (Wildman–Crippen LogP) is 6.50. The zero-order valence-electron chi connectivity index (χ0n) is 14.9. The van der Waals surface area contributed by atoms with E-state index in [1.807, 2.05) is 0 Å². The maximum Gasteiger partial charge on any atom is 0.0462 e. The van der Waals surface area contributed by atoms with E-state index in [0.29, 0.717) is 0 Å². The van der Waals surface area contributed by atoms with E-state index >= 15 is 0 Å². The maximum atomic E-state index is 6.50. The van der Waals surface area contributed by atoms with Crippen LogP contribution in [0.4, 0.5) is 0 Å². The van der Waals surface area contributed by atoms with Crippen LogP contribution in [0.3, 0.4) is 0 Å². The Balaban J connectivity index is 0.00000211. The summed E-state index contributed by atoms with van der Waals surface area (Å²) in [7, 11) is 0. The zero-order valence-corrected chi connectivity index (χ0v) is 14.9. The number of unbranched alkanes of at least 4 members (excludes halogenated alkanes) is 9. The molecule has 0 atom stereocenters. The standard InChI is InChI=1S/C19H35N.CHN/c1-3-5-7-8-9-10-11-12-13-17-20-18-14-16-19(20)15-6-4-2;1-2/h14,16,18H,3-13,15,17H2,1-2H3;1H. The van der Waals surface area contributed by atoms with Crippen LogP contribution in [0.5, 0.6) is 0 Å². The van der Waals surface area contributed by atoms with Crippen LogP contribution >= 0.6 is 0 Å². The summed E-state index contributed by atoms with van der Waals surface area (Å²) in [6.07, 6.45) is 18.9. The summed E-state index contributed by atoms with van der Waals surface area (Å²) in [5.74, 6) is 0. The second-order valence-electron chi connectivity index (χ2n) is 6.12. The second-order valence-corrected chi connectivity index (χ2v) is 6.12. The van der Waals surface area contributed by atoms with Gasteiger partial charge in [-0.3, -0.25) is 0 Å². The molecule has 1 aromatic rings. The Labute approximate surface area is 138 Å². The lowest BCUT2D eigenvalue weighted by Gasteiger charge is -2.09. The molecule has 0 bridgehead atoms. The minimum absolute atomic E-state index is 1.22. The fraction of sp³-hybridized carbons (Fsp3) is 0.750. The molecule has 0 fully saturated rings. The van der Waals surface area contributed by atoms with Crippen molar-refractivity contribution in [2.75, 3.05) is 0 Å². The van der Waals surface area contributed by atoms with Gasteiger partial charge in [0, 0.05) is 25.0 Å². The Bertz CT molecular complexity index is 352. The number of hydrogen-bond donors (Lipinski definition) is 0. The minimum atomic E-state index is 1.22. The summed E-state index contributed by atoms with van der Waals surface area (Å²) in [6.45, 7) is 9.28. The van der Waals surface area contributed by atoms with E-state index in [1.165, 1.54) is 89.3 Å². The SMILES string of the molecule is C#N.CCCCCCCCCCCn1cccc1CCCC. The molecule has 0 saturated carbocycles. The number of hydrogen-bond acceptors (Lipinski definition) is 1. The quantitative estimate of drug-likeness (QED) is 0.382. The largest absolute Gasteiger partial charge is 0.351 e. The molecule has 0 radical (unpaired) electrons. The van der Waals surface area contributed by atoms with Crippen LogP contribution < -0.4 is 0 Å². The van der Waals surface area contributed by atoms with E-state index in [0.717, 1.165) is 0 Å². The topological polar surface area (TPSA) is 28.7 Å².